The van der Waals surface area contributed by atoms with Crippen molar-refractivity contribution in [1.82, 2.24) is 10.2 Å². The molecule has 2 aromatic carbocycles. The molecule has 0 radical (unpaired) electrons. The molecular formula is C23H19N3O5S. The van der Waals surface area contributed by atoms with Gasteiger partial charge >= 0.3 is 0 Å². The maximum absolute atomic E-state index is 13.6. The van der Waals surface area contributed by atoms with Gasteiger partial charge in [0.05, 0.1) is 31.2 Å². The smallest absolute Gasteiger partial charge is 0.297 e. The van der Waals surface area contributed by atoms with Gasteiger partial charge in [0.1, 0.15) is 22.1 Å². The summed E-state index contributed by atoms with van der Waals surface area (Å²) in [6, 6.07) is 11.5. The highest BCUT2D eigenvalue weighted by molar-refractivity contribution is 7.15. The molecule has 1 aliphatic rings. The third-order valence-corrected chi connectivity index (χ3v) is 6.54. The van der Waals surface area contributed by atoms with Gasteiger partial charge in [-0.3, -0.25) is 14.5 Å². The van der Waals surface area contributed by atoms with Crippen molar-refractivity contribution >= 4 is 33.3 Å². The monoisotopic (exact) mass is 449 g/mol. The fraction of sp³-hybridized carbons (Fsp3) is 0.217. The molecule has 1 aliphatic heterocycles. The van der Waals surface area contributed by atoms with Crippen molar-refractivity contribution in [2.75, 3.05) is 19.1 Å². The molecule has 0 fully saturated rings. The van der Waals surface area contributed by atoms with E-state index in [-0.39, 0.29) is 16.8 Å². The standard InChI is InChI=1S/C23H19N3O5S/c1-4-17-24-25-23(32-17)26-19(12-5-7-13(29-2)8-6-12)18-20(27)15-10-9-14(30-3)11-16(15)31-21(18)22(26)28/h5-11,19H,4H2,1-3H3. The highest BCUT2D eigenvalue weighted by Crippen LogP contribution is 2.42. The highest BCUT2D eigenvalue weighted by atomic mass is 32.1. The van der Waals surface area contributed by atoms with Crippen LogP contribution in [0, 0.1) is 0 Å². The van der Waals surface area contributed by atoms with Crippen LogP contribution in [-0.4, -0.2) is 30.3 Å². The molecule has 8 nitrogen and oxygen atoms in total. The summed E-state index contributed by atoms with van der Waals surface area (Å²) in [4.78, 5) is 28.6. The van der Waals surface area contributed by atoms with Crippen LogP contribution in [0.15, 0.2) is 51.7 Å². The van der Waals surface area contributed by atoms with Crippen molar-refractivity contribution in [1.29, 1.82) is 0 Å². The Morgan fingerprint density at radius 2 is 1.75 bits per heavy atom. The van der Waals surface area contributed by atoms with Crippen molar-refractivity contribution in [3.63, 3.8) is 0 Å². The van der Waals surface area contributed by atoms with Gasteiger partial charge in [0.25, 0.3) is 5.91 Å². The van der Waals surface area contributed by atoms with Crippen molar-refractivity contribution in [3.05, 3.63) is 74.6 Å². The highest BCUT2D eigenvalue weighted by Gasteiger charge is 2.45. The summed E-state index contributed by atoms with van der Waals surface area (Å²) in [6.07, 6.45) is 0.695. The number of methoxy groups -OCH3 is 2. The number of nitrogens with zero attached hydrogens (tertiary/aromatic N) is 3. The van der Waals surface area contributed by atoms with Crippen LogP contribution in [0.25, 0.3) is 11.0 Å². The molecule has 0 spiro atoms. The number of ether oxygens (including phenoxy) is 2. The second-order valence-corrected chi connectivity index (χ2v) is 8.26. The lowest BCUT2D eigenvalue weighted by Crippen LogP contribution is -2.29. The summed E-state index contributed by atoms with van der Waals surface area (Å²) < 4.78 is 16.5. The Morgan fingerprint density at radius 3 is 2.41 bits per heavy atom. The zero-order valence-electron chi connectivity index (χ0n) is 17.6. The molecular weight excluding hydrogens is 430 g/mol. The van der Waals surface area contributed by atoms with Crippen LogP contribution in [-0.2, 0) is 6.42 Å². The Morgan fingerprint density at radius 1 is 1.03 bits per heavy atom. The van der Waals surface area contributed by atoms with Crippen LogP contribution in [0.3, 0.4) is 0 Å². The van der Waals surface area contributed by atoms with Gasteiger partial charge in [0.15, 0.2) is 5.43 Å². The molecule has 1 amide bonds. The van der Waals surface area contributed by atoms with E-state index in [4.69, 9.17) is 13.9 Å². The van der Waals surface area contributed by atoms with Gasteiger partial charge in [-0.15, -0.1) is 10.2 Å². The number of fused-ring (bicyclic) bond motifs is 2. The number of anilines is 1. The molecule has 9 heteroatoms. The minimum atomic E-state index is -0.691. The zero-order valence-corrected chi connectivity index (χ0v) is 18.4. The lowest BCUT2D eigenvalue weighted by Gasteiger charge is -2.22. The first kappa shape index (κ1) is 20.2. The Labute approximate surface area is 187 Å². The van der Waals surface area contributed by atoms with E-state index in [9.17, 15) is 9.59 Å². The topological polar surface area (TPSA) is 94.8 Å². The predicted octanol–water partition coefficient (Wildman–Crippen LogP) is 3.97. The quantitative estimate of drug-likeness (QED) is 0.455. The molecule has 0 saturated carbocycles. The number of rotatable bonds is 5. The number of amides is 1. The Balaban J connectivity index is 1.76. The van der Waals surface area contributed by atoms with E-state index in [0.717, 1.165) is 10.6 Å². The van der Waals surface area contributed by atoms with Gasteiger partial charge in [0, 0.05) is 6.07 Å². The van der Waals surface area contributed by atoms with E-state index in [2.05, 4.69) is 10.2 Å². The van der Waals surface area contributed by atoms with E-state index in [1.54, 1.807) is 37.4 Å². The number of hydrogen-bond acceptors (Lipinski definition) is 8. The van der Waals surface area contributed by atoms with E-state index >= 15 is 0 Å². The van der Waals surface area contributed by atoms with Crippen molar-refractivity contribution in [2.45, 2.75) is 19.4 Å². The molecule has 4 aromatic rings. The molecule has 162 valence electrons. The van der Waals surface area contributed by atoms with Crippen LogP contribution in [0.5, 0.6) is 11.5 Å². The fourth-order valence-electron chi connectivity index (χ4n) is 3.86. The summed E-state index contributed by atoms with van der Waals surface area (Å²) in [5.41, 5.74) is 1.06. The third kappa shape index (κ3) is 3.04. The van der Waals surface area contributed by atoms with Crippen LogP contribution >= 0.6 is 11.3 Å². The number of benzene rings is 2. The normalized spacial score (nSPS) is 15.3. The second-order valence-electron chi connectivity index (χ2n) is 7.22. The van der Waals surface area contributed by atoms with Crippen molar-refractivity contribution in [2.24, 2.45) is 0 Å². The van der Waals surface area contributed by atoms with Crippen LogP contribution in [0.2, 0.25) is 0 Å². The maximum atomic E-state index is 13.6. The van der Waals surface area contributed by atoms with Gasteiger partial charge in [-0.2, -0.15) is 0 Å². The lowest BCUT2D eigenvalue weighted by molar-refractivity contribution is 0.0970. The molecule has 0 saturated heterocycles. The molecule has 5 rings (SSSR count). The third-order valence-electron chi connectivity index (χ3n) is 5.48. The fourth-order valence-corrected chi connectivity index (χ4v) is 4.67. The SMILES string of the molecule is CCc1nnc(N2C(=O)c3oc4cc(OC)ccc4c(=O)c3C2c2ccc(OC)cc2)s1. The number of carbonyl (C=O) groups is 1. The Kier molecular flexibility index (Phi) is 4.90. The second kappa shape index (κ2) is 7.76. The van der Waals surface area contributed by atoms with Crippen molar-refractivity contribution < 1.29 is 18.7 Å². The Hall–Kier alpha value is -3.72. The first-order chi connectivity index (χ1) is 15.5. The lowest BCUT2D eigenvalue weighted by atomic mass is 9.98. The average molecular weight is 449 g/mol. The van der Waals surface area contributed by atoms with Crippen molar-refractivity contribution in [3.8, 4) is 11.5 Å². The first-order valence-corrected chi connectivity index (χ1v) is 10.8. The molecule has 0 bridgehead atoms. The predicted molar refractivity (Wildman–Crippen MR) is 120 cm³/mol. The molecule has 0 aliphatic carbocycles. The van der Waals surface area contributed by atoms with Crippen LogP contribution in [0.4, 0.5) is 5.13 Å². The minimum absolute atomic E-state index is 0.00446. The number of aromatic nitrogens is 2. The number of carbonyl (C=O) groups excluding carboxylic acids is 1. The van der Waals surface area contributed by atoms with E-state index in [0.29, 0.717) is 34.0 Å². The number of hydrogen-bond donors (Lipinski definition) is 0. The van der Waals surface area contributed by atoms with E-state index < -0.39 is 11.9 Å². The maximum Gasteiger partial charge on any atom is 0.297 e. The molecule has 2 aromatic heterocycles. The average Bonchev–Trinajstić information content (AvgIpc) is 3.41. The molecule has 3 heterocycles. The van der Waals surface area contributed by atoms with E-state index in [1.807, 2.05) is 19.1 Å². The Bertz CT molecular complexity index is 1390. The molecule has 32 heavy (non-hydrogen) atoms. The summed E-state index contributed by atoms with van der Waals surface area (Å²) in [5, 5.41) is 9.98. The van der Waals surface area contributed by atoms with Gasteiger partial charge in [-0.25, -0.2) is 0 Å². The molecule has 1 atom stereocenters. The van der Waals surface area contributed by atoms with Gasteiger partial charge in [-0.05, 0) is 36.2 Å². The molecule has 1 unspecified atom stereocenters. The van der Waals surface area contributed by atoms with Gasteiger partial charge in [-0.1, -0.05) is 30.4 Å². The van der Waals surface area contributed by atoms with Crippen LogP contribution in [0.1, 0.15) is 39.7 Å². The molecule has 0 N–H and O–H groups in total. The van der Waals surface area contributed by atoms with E-state index in [1.165, 1.54) is 23.3 Å². The first-order valence-electron chi connectivity index (χ1n) is 10.00. The minimum Gasteiger partial charge on any atom is -0.497 e. The summed E-state index contributed by atoms with van der Waals surface area (Å²) in [7, 11) is 3.11. The van der Waals surface area contributed by atoms with Gasteiger partial charge < -0.3 is 13.9 Å². The number of aryl methyl sites for hydroxylation is 1. The summed E-state index contributed by atoms with van der Waals surface area (Å²) >= 11 is 1.32. The zero-order chi connectivity index (χ0) is 22.4. The summed E-state index contributed by atoms with van der Waals surface area (Å²) in [6.45, 7) is 1.97. The summed E-state index contributed by atoms with van der Waals surface area (Å²) in [5.74, 6) is 0.782. The van der Waals surface area contributed by atoms with Crippen LogP contribution < -0.4 is 19.8 Å². The van der Waals surface area contributed by atoms with Gasteiger partial charge in [0.2, 0.25) is 10.9 Å². The largest absolute Gasteiger partial charge is 0.497 e.